The molecule has 0 bridgehead atoms. The van der Waals surface area contributed by atoms with E-state index in [0.717, 1.165) is 31.0 Å². The molecule has 1 aromatic rings. The van der Waals surface area contributed by atoms with Crippen LogP contribution in [0.2, 0.25) is 0 Å². The summed E-state index contributed by atoms with van der Waals surface area (Å²) in [5, 5.41) is 0. The minimum absolute atomic E-state index is 0.623. The first-order chi connectivity index (χ1) is 8.08. The van der Waals surface area contributed by atoms with Gasteiger partial charge in [-0.1, -0.05) is 13.8 Å². The summed E-state index contributed by atoms with van der Waals surface area (Å²) in [6.45, 7) is 9.51. The topological polar surface area (TPSA) is 9.23 Å². The van der Waals surface area contributed by atoms with Crippen molar-refractivity contribution in [3.63, 3.8) is 0 Å². The van der Waals surface area contributed by atoms with Crippen molar-refractivity contribution in [1.29, 1.82) is 0 Å². The predicted octanol–water partition coefficient (Wildman–Crippen LogP) is 4.20. The van der Waals surface area contributed by atoms with Crippen LogP contribution in [0.3, 0.4) is 0 Å². The van der Waals surface area contributed by atoms with Crippen molar-refractivity contribution in [3.05, 3.63) is 28.8 Å². The number of ether oxygens (including phenoxy) is 1. The van der Waals surface area contributed by atoms with Crippen LogP contribution in [0.1, 0.15) is 37.0 Å². The molecule has 0 spiro atoms. The lowest BCUT2D eigenvalue weighted by Crippen LogP contribution is -2.05. The van der Waals surface area contributed by atoms with Gasteiger partial charge in [0.05, 0.1) is 6.61 Å². The van der Waals surface area contributed by atoms with E-state index in [9.17, 15) is 0 Å². The summed E-state index contributed by atoms with van der Waals surface area (Å²) in [5.41, 5.74) is 4.13. The Morgan fingerprint density at radius 2 is 1.82 bits per heavy atom. The second-order valence-corrected chi connectivity index (χ2v) is 5.24. The van der Waals surface area contributed by atoms with E-state index in [1.165, 1.54) is 16.7 Å². The molecule has 1 atom stereocenters. The third-order valence-corrected chi connectivity index (χ3v) is 3.63. The Bertz CT molecular complexity index is 337. The first-order valence-electron chi connectivity index (χ1n) is 6.42. The maximum absolute atomic E-state index is 5.69. The molecule has 0 aliphatic rings. The molecule has 0 aliphatic heterocycles. The quantitative estimate of drug-likeness (QED) is 0.747. The van der Waals surface area contributed by atoms with Gasteiger partial charge in [0.25, 0.3) is 0 Å². The highest BCUT2D eigenvalue weighted by Crippen LogP contribution is 2.24. The van der Waals surface area contributed by atoms with Crippen molar-refractivity contribution in [1.82, 2.24) is 0 Å². The Morgan fingerprint density at radius 3 is 2.29 bits per heavy atom. The zero-order valence-corrected chi connectivity index (χ0v) is 12.3. The largest absolute Gasteiger partial charge is 0.494 e. The van der Waals surface area contributed by atoms with E-state index in [1.807, 2.05) is 0 Å². The number of rotatable bonds is 6. The van der Waals surface area contributed by atoms with E-state index >= 15 is 0 Å². The Balaban J connectivity index is 2.86. The lowest BCUT2D eigenvalue weighted by molar-refractivity contribution is 0.317. The number of benzene rings is 1. The van der Waals surface area contributed by atoms with Crippen LogP contribution < -0.4 is 4.74 Å². The van der Waals surface area contributed by atoms with E-state index in [2.05, 4.69) is 52.5 Å². The molecular weight excluding hydrogens is 228 g/mol. The average molecular weight is 252 g/mol. The second kappa shape index (κ2) is 6.95. The van der Waals surface area contributed by atoms with Gasteiger partial charge in [0.1, 0.15) is 5.75 Å². The second-order valence-electron chi connectivity index (χ2n) is 4.88. The predicted molar refractivity (Wildman–Crippen MR) is 78.4 cm³/mol. The summed E-state index contributed by atoms with van der Waals surface area (Å²) in [5.74, 6) is 2.56. The first kappa shape index (κ1) is 14.4. The molecule has 96 valence electrons. The van der Waals surface area contributed by atoms with Gasteiger partial charge in [-0.15, -0.1) is 0 Å². The van der Waals surface area contributed by atoms with Gasteiger partial charge in [0.15, 0.2) is 0 Å². The molecule has 0 aromatic heterocycles. The first-order valence-corrected chi connectivity index (χ1v) is 7.05. The number of hydrogen-bond donors (Lipinski definition) is 1. The summed E-state index contributed by atoms with van der Waals surface area (Å²) in [4.78, 5) is 0. The summed E-state index contributed by atoms with van der Waals surface area (Å²) in [6.07, 6.45) is 2.16. The standard InChI is InChI=1S/C15H24OS/c1-5-6-16-14-8-12(3)15(13(4)9-14)7-11(2)10-17/h8-9,11,17H,5-7,10H2,1-4H3. The molecule has 0 saturated carbocycles. The van der Waals surface area contributed by atoms with Gasteiger partial charge in [0.2, 0.25) is 0 Å². The zero-order valence-electron chi connectivity index (χ0n) is 11.4. The highest BCUT2D eigenvalue weighted by Gasteiger charge is 2.09. The molecular formula is C15H24OS. The molecule has 2 heteroatoms. The van der Waals surface area contributed by atoms with Crippen molar-refractivity contribution in [2.24, 2.45) is 5.92 Å². The van der Waals surface area contributed by atoms with Crippen LogP contribution in [-0.2, 0) is 6.42 Å². The number of aryl methyl sites for hydroxylation is 2. The summed E-state index contributed by atoms with van der Waals surface area (Å²) in [7, 11) is 0. The van der Waals surface area contributed by atoms with Crippen molar-refractivity contribution >= 4 is 12.6 Å². The Morgan fingerprint density at radius 1 is 1.24 bits per heavy atom. The van der Waals surface area contributed by atoms with E-state index in [0.29, 0.717) is 5.92 Å². The van der Waals surface area contributed by atoms with E-state index < -0.39 is 0 Å². The molecule has 1 aromatic carbocycles. The van der Waals surface area contributed by atoms with Gasteiger partial charge in [-0.3, -0.25) is 0 Å². The van der Waals surface area contributed by atoms with Gasteiger partial charge < -0.3 is 4.74 Å². The third kappa shape index (κ3) is 4.27. The normalized spacial score (nSPS) is 12.5. The fourth-order valence-electron chi connectivity index (χ4n) is 1.99. The third-order valence-electron chi connectivity index (χ3n) is 3.01. The Kier molecular flexibility index (Phi) is 5.90. The molecule has 1 nitrogen and oxygen atoms in total. The molecule has 1 unspecified atom stereocenters. The van der Waals surface area contributed by atoms with Gasteiger partial charge in [0, 0.05) is 0 Å². The Labute approximate surface area is 111 Å². The lowest BCUT2D eigenvalue weighted by Gasteiger charge is -2.16. The molecule has 0 fully saturated rings. The van der Waals surface area contributed by atoms with E-state index in [4.69, 9.17) is 4.74 Å². The smallest absolute Gasteiger partial charge is 0.119 e. The zero-order chi connectivity index (χ0) is 12.8. The van der Waals surface area contributed by atoms with Crippen LogP contribution in [0, 0.1) is 19.8 Å². The molecule has 0 amide bonds. The maximum atomic E-state index is 5.69. The average Bonchev–Trinajstić information content (AvgIpc) is 2.30. The molecule has 0 saturated heterocycles. The monoisotopic (exact) mass is 252 g/mol. The molecule has 1 rings (SSSR count). The van der Waals surface area contributed by atoms with Gasteiger partial charge in [-0.05, 0) is 67.2 Å². The minimum Gasteiger partial charge on any atom is -0.494 e. The SMILES string of the molecule is CCCOc1cc(C)c(CC(C)CS)c(C)c1. The van der Waals surface area contributed by atoms with Crippen LogP contribution in [0.25, 0.3) is 0 Å². The molecule has 0 N–H and O–H groups in total. The highest BCUT2D eigenvalue weighted by atomic mass is 32.1. The van der Waals surface area contributed by atoms with Crippen molar-refractivity contribution in [2.75, 3.05) is 12.4 Å². The Hall–Kier alpha value is -0.630. The maximum Gasteiger partial charge on any atom is 0.119 e. The van der Waals surface area contributed by atoms with Gasteiger partial charge >= 0.3 is 0 Å². The van der Waals surface area contributed by atoms with Gasteiger partial charge in [-0.25, -0.2) is 0 Å². The van der Waals surface area contributed by atoms with Crippen molar-refractivity contribution in [3.8, 4) is 5.75 Å². The van der Waals surface area contributed by atoms with E-state index in [-0.39, 0.29) is 0 Å². The van der Waals surface area contributed by atoms with Crippen LogP contribution >= 0.6 is 12.6 Å². The molecule has 0 radical (unpaired) electrons. The number of thiol groups is 1. The fraction of sp³-hybridized carbons (Fsp3) is 0.600. The summed E-state index contributed by atoms with van der Waals surface area (Å²) >= 11 is 4.36. The van der Waals surface area contributed by atoms with Crippen molar-refractivity contribution < 1.29 is 4.74 Å². The molecule has 17 heavy (non-hydrogen) atoms. The summed E-state index contributed by atoms with van der Waals surface area (Å²) < 4.78 is 5.69. The number of hydrogen-bond acceptors (Lipinski definition) is 2. The summed E-state index contributed by atoms with van der Waals surface area (Å²) in [6, 6.07) is 4.31. The van der Waals surface area contributed by atoms with E-state index in [1.54, 1.807) is 0 Å². The highest BCUT2D eigenvalue weighted by molar-refractivity contribution is 7.80. The van der Waals surface area contributed by atoms with Gasteiger partial charge in [-0.2, -0.15) is 12.6 Å². The van der Waals surface area contributed by atoms with Crippen LogP contribution in [-0.4, -0.2) is 12.4 Å². The molecule has 0 aliphatic carbocycles. The van der Waals surface area contributed by atoms with Crippen molar-refractivity contribution in [2.45, 2.75) is 40.5 Å². The van der Waals surface area contributed by atoms with Crippen LogP contribution in [0.4, 0.5) is 0 Å². The fourth-order valence-corrected chi connectivity index (χ4v) is 2.12. The van der Waals surface area contributed by atoms with Crippen LogP contribution in [0.15, 0.2) is 12.1 Å². The lowest BCUT2D eigenvalue weighted by atomic mass is 9.94. The van der Waals surface area contributed by atoms with Crippen LogP contribution in [0.5, 0.6) is 5.75 Å². The minimum atomic E-state index is 0.623. The molecule has 0 heterocycles.